The fourth-order valence-electron chi connectivity index (χ4n) is 1.65. The highest BCUT2D eigenvalue weighted by Crippen LogP contribution is 2.03. The van der Waals surface area contributed by atoms with Crippen molar-refractivity contribution in [2.45, 2.75) is 45.8 Å². The van der Waals surface area contributed by atoms with Gasteiger partial charge >= 0.3 is 0 Å². The second-order valence-electron chi connectivity index (χ2n) is 4.89. The molecule has 2 atom stereocenters. The van der Waals surface area contributed by atoms with E-state index >= 15 is 0 Å². The maximum atomic E-state index is 11.7. The van der Waals surface area contributed by atoms with Crippen LogP contribution in [0.3, 0.4) is 0 Å². The Bertz CT molecular complexity index is 219. The molecule has 1 amide bonds. The molecule has 2 unspecified atom stereocenters. The van der Waals surface area contributed by atoms with Gasteiger partial charge in [0.05, 0.1) is 0 Å². The van der Waals surface area contributed by atoms with Crippen molar-refractivity contribution in [3.05, 3.63) is 0 Å². The van der Waals surface area contributed by atoms with Gasteiger partial charge in [-0.2, -0.15) is 0 Å². The standard InChI is InChI=1S/C12H24N2O2.ClH/c1-9(2)5-7-16-10(3)12(15)14-11-4-6-13-8-11;/h9-11,13H,4-8H2,1-3H3,(H,14,15);1H. The van der Waals surface area contributed by atoms with Crippen LogP contribution in [0.4, 0.5) is 0 Å². The van der Waals surface area contributed by atoms with E-state index in [9.17, 15) is 4.79 Å². The van der Waals surface area contributed by atoms with Crippen LogP contribution < -0.4 is 10.6 Å². The van der Waals surface area contributed by atoms with Crippen molar-refractivity contribution in [3.8, 4) is 0 Å². The fraction of sp³-hybridized carbons (Fsp3) is 0.917. The van der Waals surface area contributed by atoms with E-state index in [1.807, 2.05) is 6.92 Å². The second kappa shape index (κ2) is 8.72. The molecule has 102 valence electrons. The highest BCUT2D eigenvalue weighted by Gasteiger charge is 2.20. The molecule has 0 aromatic rings. The number of nitrogens with one attached hydrogen (secondary N) is 2. The maximum absolute atomic E-state index is 11.7. The zero-order valence-electron chi connectivity index (χ0n) is 11.0. The summed E-state index contributed by atoms with van der Waals surface area (Å²) in [5.41, 5.74) is 0. The van der Waals surface area contributed by atoms with E-state index in [1.165, 1.54) is 0 Å². The molecule has 1 aliphatic rings. The average molecular weight is 265 g/mol. The third-order valence-corrected chi connectivity index (χ3v) is 2.84. The van der Waals surface area contributed by atoms with E-state index in [0.29, 0.717) is 12.5 Å². The van der Waals surface area contributed by atoms with Crippen LogP contribution in [0.25, 0.3) is 0 Å². The van der Waals surface area contributed by atoms with E-state index in [0.717, 1.165) is 25.9 Å². The van der Waals surface area contributed by atoms with Crippen LogP contribution in [-0.4, -0.2) is 37.7 Å². The van der Waals surface area contributed by atoms with Crippen LogP contribution in [-0.2, 0) is 9.53 Å². The van der Waals surface area contributed by atoms with Gasteiger partial charge in [-0.05, 0) is 32.2 Å². The number of halogens is 1. The first-order valence-corrected chi connectivity index (χ1v) is 6.22. The summed E-state index contributed by atoms with van der Waals surface area (Å²) in [6.45, 7) is 8.65. The van der Waals surface area contributed by atoms with Crippen molar-refractivity contribution in [2.75, 3.05) is 19.7 Å². The molecule has 1 rings (SSSR count). The third kappa shape index (κ3) is 6.86. The van der Waals surface area contributed by atoms with Gasteiger partial charge in [0, 0.05) is 19.2 Å². The molecule has 0 saturated carbocycles. The maximum Gasteiger partial charge on any atom is 0.249 e. The van der Waals surface area contributed by atoms with Gasteiger partial charge in [0.25, 0.3) is 0 Å². The lowest BCUT2D eigenvalue weighted by atomic mass is 10.1. The molecule has 0 bridgehead atoms. The molecule has 0 aromatic heterocycles. The quantitative estimate of drug-likeness (QED) is 0.761. The van der Waals surface area contributed by atoms with Crippen LogP contribution in [0.15, 0.2) is 0 Å². The van der Waals surface area contributed by atoms with E-state index in [2.05, 4.69) is 24.5 Å². The molecule has 5 heteroatoms. The summed E-state index contributed by atoms with van der Waals surface area (Å²) in [4.78, 5) is 11.7. The highest BCUT2D eigenvalue weighted by atomic mass is 35.5. The predicted molar refractivity (Wildman–Crippen MR) is 71.5 cm³/mol. The summed E-state index contributed by atoms with van der Waals surface area (Å²) in [7, 11) is 0. The van der Waals surface area contributed by atoms with Gasteiger partial charge in [-0.1, -0.05) is 13.8 Å². The topological polar surface area (TPSA) is 50.4 Å². The number of hydrogen-bond acceptors (Lipinski definition) is 3. The molecule has 1 heterocycles. The Hall–Kier alpha value is -0.320. The summed E-state index contributed by atoms with van der Waals surface area (Å²) >= 11 is 0. The van der Waals surface area contributed by atoms with Gasteiger partial charge in [-0.15, -0.1) is 12.4 Å². The lowest BCUT2D eigenvalue weighted by Crippen LogP contribution is -2.42. The van der Waals surface area contributed by atoms with Crippen LogP contribution in [0.2, 0.25) is 0 Å². The molecule has 2 N–H and O–H groups in total. The Balaban J connectivity index is 0.00000256. The lowest BCUT2D eigenvalue weighted by Gasteiger charge is -2.17. The fourth-order valence-corrected chi connectivity index (χ4v) is 1.65. The molecule has 4 nitrogen and oxygen atoms in total. The van der Waals surface area contributed by atoms with E-state index in [1.54, 1.807) is 0 Å². The minimum absolute atomic E-state index is 0. The van der Waals surface area contributed by atoms with Crippen LogP contribution in [0, 0.1) is 5.92 Å². The minimum atomic E-state index is -0.334. The Morgan fingerprint density at radius 2 is 2.18 bits per heavy atom. The molecule has 0 aromatic carbocycles. The van der Waals surface area contributed by atoms with Crippen molar-refractivity contribution in [1.82, 2.24) is 10.6 Å². The molecule has 1 saturated heterocycles. The highest BCUT2D eigenvalue weighted by molar-refractivity contribution is 5.85. The van der Waals surface area contributed by atoms with Crippen molar-refractivity contribution in [1.29, 1.82) is 0 Å². The second-order valence-corrected chi connectivity index (χ2v) is 4.89. The average Bonchev–Trinajstić information content (AvgIpc) is 2.69. The number of hydrogen-bond donors (Lipinski definition) is 2. The summed E-state index contributed by atoms with van der Waals surface area (Å²) < 4.78 is 5.49. The Morgan fingerprint density at radius 3 is 2.71 bits per heavy atom. The van der Waals surface area contributed by atoms with Crippen molar-refractivity contribution in [3.63, 3.8) is 0 Å². The lowest BCUT2D eigenvalue weighted by molar-refractivity contribution is -0.132. The van der Waals surface area contributed by atoms with Crippen molar-refractivity contribution < 1.29 is 9.53 Å². The summed E-state index contributed by atoms with van der Waals surface area (Å²) in [5, 5.41) is 6.21. The number of rotatable bonds is 6. The van der Waals surface area contributed by atoms with Crippen LogP contribution in [0.5, 0.6) is 0 Å². The number of carbonyl (C=O) groups excluding carboxylic acids is 1. The summed E-state index contributed by atoms with van der Waals surface area (Å²) in [6, 6.07) is 0.281. The smallest absolute Gasteiger partial charge is 0.249 e. The van der Waals surface area contributed by atoms with Gasteiger partial charge in [-0.3, -0.25) is 4.79 Å². The van der Waals surface area contributed by atoms with E-state index in [-0.39, 0.29) is 30.5 Å². The summed E-state index contributed by atoms with van der Waals surface area (Å²) in [6.07, 6.45) is 1.69. The van der Waals surface area contributed by atoms with Crippen molar-refractivity contribution >= 4 is 18.3 Å². The molecule has 0 radical (unpaired) electrons. The SMILES string of the molecule is CC(C)CCOC(C)C(=O)NC1CCNC1.Cl. The van der Waals surface area contributed by atoms with Gasteiger partial charge in [0.2, 0.25) is 5.91 Å². The Kier molecular flexibility index (Phi) is 8.56. The van der Waals surface area contributed by atoms with Gasteiger partial charge in [-0.25, -0.2) is 0 Å². The largest absolute Gasteiger partial charge is 0.369 e. The third-order valence-electron chi connectivity index (χ3n) is 2.84. The molecule has 0 aliphatic carbocycles. The van der Waals surface area contributed by atoms with Crippen LogP contribution >= 0.6 is 12.4 Å². The molecule has 1 fully saturated rings. The zero-order chi connectivity index (χ0) is 12.0. The zero-order valence-corrected chi connectivity index (χ0v) is 11.8. The molecule has 0 spiro atoms. The molecule has 17 heavy (non-hydrogen) atoms. The number of amides is 1. The summed E-state index contributed by atoms with van der Waals surface area (Å²) in [5.74, 6) is 0.631. The van der Waals surface area contributed by atoms with Gasteiger partial charge < -0.3 is 15.4 Å². The number of ether oxygens (including phenoxy) is 1. The van der Waals surface area contributed by atoms with Gasteiger partial charge in [0.15, 0.2) is 0 Å². The first kappa shape index (κ1) is 16.7. The normalized spacial score (nSPS) is 21.1. The van der Waals surface area contributed by atoms with Crippen molar-refractivity contribution in [2.24, 2.45) is 5.92 Å². The monoisotopic (exact) mass is 264 g/mol. The number of carbonyl (C=O) groups is 1. The molecular formula is C12H25ClN2O2. The minimum Gasteiger partial charge on any atom is -0.369 e. The first-order valence-electron chi connectivity index (χ1n) is 6.22. The Morgan fingerprint density at radius 1 is 1.47 bits per heavy atom. The molecular weight excluding hydrogens is 240 g/mol. The first-order chi connectivity index (χ1) is 7.59. The van der Waals surface area contributed by atoms with E-state index < -0.39 is 0 Å². The Labute approximate surface area is 110 Å². The van der Waals surface area contributed by atoms with Crippen LogP contribution in [0.1, 0.15) is 33.6 Å². The predicted octanol–water partition coefficient (Wildman–Crippen LogP) is 1.34. The van der Waals surface area contributed by atoms with Gasteiger partial charge in [0.1, 0.15) is 6.10 Å². The van der Waals surface area contributed by atoms with E-state index in [4.69, 9.17) is 4.74 Å². The molecule has 1 aliphatic heterocycles.